The third-order valence-electron chi connectivity index (χ3n) is 12.8. The lowest BCUT2D eigenvalue weighted by Gasteiger charge is -2.42. The third-order valence-corrected chi connectivity index (χ3v) is 13.5. The van der Waals surface area contributed by atoms with E-state index >= 15 is 0 Å². The first-order chi connectivity index (χ1) is 31.5. The Bertz CT molecular complexity index is 3110. The Morgan fingerprint density at radius 2 is 0.828 bits per heavy atom. The Kier molecular flexibility index (Phi) is 8.49. The quantitative estimate of drug-likeness (QED) is 0.122. The highest BCUT2D eigenvalue weighted by Crippen LogP contribution is 2.47. The molecule has 0 fully saturated rings. The average Bonchev–Trinajstić information content (AvgIpc) is 3.32. The molecule has 4 aliphatic heterocycles. The van der Waals surface area contributed by atoms with Crippen LogP contribution < -0.4 is 61.5 Å². The van der Waals surface area contributed by atoms with Gasteiger partial charge in [0.15, 0.2) is 0 Å². The van der Waals surface area contributed by atoms with E-state index in [4.69, 9.17) is 18.9 Å². The van der Waals surface area contributed by atoms with Crippen LogP contribution in [0, 0.1) is 10.5 Å². The molecule has 0 spiro atoms. The van der Waals surface area contributed by atoms with Gasteiger partial charge in [0.25, 0.3) is 13.4 Å². The number of nitrogens with zero attached hydrogens (tertiary/aromatic N) is 2. The number of benzene rings is 9. The molecule has 302 valence electrons. The average molecular weight is 936 g/mol. The maximum absolute atomic E-state index is 7.12. The van der Waals surface area contributed by atoms with Crippen LogP contribution >= 0.6 is 22.6 Å². The summed E-state index contributed by atoms with van der Waals surface area (Å²) in [5.74, 6) is 5.91. The molecule has 9 heteroatoms. The zero-order chi connectivity index (χ0) is 42.5. The van der Waals surface area contributed by atoms with Crippen LogP contribution in [0.4, 0.5) is 34.1 Å². The molecule has 0 amide bonds. The van der Waals surface area contributed by atoms with Gasteiger partial charge in [0.1, 0.15) is 46.0 Å². The minimum Gasteiger partial charge on any atom is -0.458 e. The van der Waals surface area contributed by atoms with Crippen LogP contribution in [-0.2, 0) is 0 Å². The number of hydrogen-bond donors (Lipinski definition) is 0. The second-order valence-corrected chi connectivity index (χ2v) is 17.9. The van der Waals surface area contributed by atoms with Crippen molar-refractivity contribution < 1.29 is 18.9 Å². The van der Waals surface area contributed by atoms with Gasteiger partial charge >= 0.3 is 0 Å². The zero-order valence-electron chi connectivity index (χ0n) is 34.5. The molecule has 64 heavy (non-hydrogen) atoms. The first-order valence-electron chi connectivity index (χ1n) is 21.5. The molecular weight excluding hydrogens is 901 g/mol. The number of fused-ring (bicyclic) bond motifs is 8. The Labute approximate surface area is 385 Å². The second-order valence-electron chi connectivity index (χ2n) is 16.6. The second kappa shape index (κ2) is 14.6. The lowest BCUT2D eigenvalue weighted by molar-refractivity contribution is 0.451. The zero-order valence-corrected chi connectivity index (χ0v) is 36.7. The molecule has 0 saturated carbocycles. The number of aryl methyl sites for hydroxylation is 1. The molecule has 0 radical (unpaired) electrons. The van der Waals surface area contributed by atoms with Gasteiger partial charge in [0, 0.05) is 68.0 Å². The summed E-state index contributed by atoms with van der Waals surface area (Å²) < 4.78 is 28.6. The van der Waals surface area contributed by atoms with Crippen LogP contribution in [-0.4, -0.2) is 13.4 Å². The largest absolute Gasteiger partial charge is 0.458 e. The third kappa shape index (κ3) is 5.94. The van der Waals surface area contributed by atoms with Gasteiger partial charge in [-0.25, -0.2) is 0 Å². The smallest absolute Gasteiger partial charge is 0.256 e. The van der Waals surface area contributed by atoms with E-state index in [9.17, 15) is 0 Å². The van der Waals surface area contributed by atoms with Gasteiger partial charge in [-0.2, -0.15) is 0 Å². The molecule has 4 aliphatic rings. The maximum Gasteiger partial charge on any atom is 0.256 e. The van der Waals surface area contributed by atoms with Crippen molar-refractivity contribution >= 4 is 103 Å². The summed E-state index contributed by atoms with van der Waals surface area (Å²) in [6, 6.07) is 67.8. The van der Waals surface area contributed by atoms with Gasteiger partial charge in [0.05, 0.1) is 0 Å². The van der Waals surface area contributed by atoms with E-state index in [-0.39, 0.29) is 13.4 Å². The molecule has 0 bridgehead atoms. The molecule has 0 aromatic heterocycles. The van der Waals surface area contributed by atoms with E-state index in [2.05, 4.69) is 197 Å². The molecule has 0 atom stereocenters. The molecule has 0 saturated heterocycles. The minimum absolute atomic E-state index is 0.131. The summed E-state index contributed by atoms with van der Waals surface area (Å²) in [6.07, 6.45) is 0. The topological polar surface area (TPSA) is 43.4 Å². The van der Waals surface area contributed by atoms with Crippen molar-refractivity contribution in [2.45, 2.75) is 6.92 Å². The van der Waals surface area contributed by atoms with Crippen molar-refractivity contribution in [2.75, 3.05) is 9.80 Å². The normalized spacial score (nSPS) is 13.3. The van der Waals surface area contributed by atoms with Gasteiger partial charge in [-0.05, 0) is 135 Å². The van der Waals surface area contributed by atoms with Gasteiger partial charge in [-0.1, -0.05) is 96.6 Å². The van der Waals surface area contributed by atoms with E-state index in [1.165, 1.54) is 16.5 Å². The van der Waals surface area contributed by atoms with Crippen LogP contribution in [0.5, 0.6) is 46.0 Å². The number of hydrogen-bond acceptors (Lipinski definition) is 6. The van der Waals surface area contributed by atoms with Crippen LogP contribution in [0.2, 0.25) is 0 Å². The first-order valence-corrected chi connectivity index (χ1v) is 22.6. The predicted molar refractivity (Wildman–Crippen MR) is 269 cm³/mol. The number of anilines is 6. The molecule has 0 N–H and O–H groups in total. The number of ether oxygens (including phenoxy) is 4. The Morgan fingerprint density at radius 1 is 0.391 bits per heavy atom. The van der Waals surface area contributed by atoms with Gasteiger partial charge < -0.3 is 28.7 Å². The van der Waals surface area contributed by atoms with Crippen LogP contribution in [0.3, 0.4) is 0 Å². The summed E-state index contributed by atoms with van der Waals surface area (Å²) in [4.78, 5) is 4.69. The van der Waals surface area contributed by atoms with E-state index in [1.807, 2.05) is 36.4 Å². The van der Waals surface area contributed by atoms with E-state index in [0.29, 0.717) is 11.5 Å². The van der Waals surface area contributed by atoms with Gasteiger partial charge in [-0.15, -0.1) is 0 Å². The molecule has 4 heterocycles. The molecule has 0 unspecified atom stereocenters. The monoisotopic (exact) mass is 936 g/mol. The molecular formula is C55H35B2IN2O4. The minimum atomic E-state index is -0.131. The standard InChI is InChI=1S/C55H35B2IN2O4/c1-34-20-24-38(25-21-34)61-40-28-48-54-52(30-40)63-50-33-51-45(32-44(50)56(54)42-16-8-10-18-46(42)59(48)36-12-4-2-5-13-36)57-43-17-9-11-19-47(43)60(37-14-6-3-7-15-37)49-29-41(31-53(64-51)55(49)57)62-39-26-22-35(58)23-27-39/h2-33H,1H3. The number of halogens is 1. The molecule has 9 aromatic carbocycles. The van der Waals surface area contributed by atoms with Crippen molar-refractivity contribution in [1.29, 1.82) is 0 Å². The van der Waals surface area contributed by atoms with Crippen LogP contribution in [0.25, 0.3) is 0 Å². The highest BCUT2D eigenvalue weighted by atomic mass is 127. The lowest BCUT2D eigenvalue weighted by atomic mass is 9.31. The lowest BCUT2D eigenvalue weighted by Crippen LogP contribution is -2.63. The summed E-state index contributed by atoms with van der Waals surface area (Å²) in [7, 11) is 0. The molecule has 13 rings (SSSR count). The Morgan fingerprint density at radius 3 is 1.31 bits per heavy atom. The van der Waals surface area contributed by atoms with E-state index in [0.717, 1.165) is 94.0 Å². The summed E-state index contributed by atoms with van der Waals surface area (Å²) >= 11 is 2.32. The number of rotatable bonds is 6. The van der Waals surface area contributed by atoms with Gasteiger partial charge in [0.2, 0.25) is 0 Å². The van der Waals surface area contributed by atoms with E-state index in [1.54, 1.807) is 0 Å². The fourth-order valence-corrected chi connectivity index (χ4v) is 10.4. The fourth-order valence-electron chi connectivity index (χ4n) is 10.1. The summed E-state index contributed by atoms with van der Waals surface area (Å²) in [5.41, 5.74) is 14.3. The Balaban J connectivity index is 1.02. The maximum atomic E-state index is 7.12. The van der Waals surface area contributed by atoms with Crippen molar-refractivity contribution in [3.63, 3.8) is 0 Å². The van der Waals surface area contributed by atoms with Crippen molar-refractivity contribution in [1.82, 2.24) is 0 Å². The number of para-hydroxylation sites is 4. The summed E-state index contributed by atoms with van der Waals surface area (Å²) in [6.45, 7) is 1.82. The molecule has 6 nitrogen and oxygen atoms in total. The predicted octanol–water partition coefficient (Wildman–Crippen LogP) is 11.0. The van der Waals surface area contributed by atoms with Gasteiger partial charge in [-0.3, -0.25) is 0 Å². The fraction of sp³-hybridized carbons (Fsp3) is 0.0182. The highest BCUT2D eigenvalue weighted by Gasteiger charge is 2.47. The van der Waals surface area contributed by atoms with Crippen LogP contribution in [0.15, 0.2) is 194 Å². The molecule has 0 aliphatic carbocycles. The highest BCUT2D eigenvalue weighted by molar-refractivity contribution is 14.1. The van der Waals surface area contributed by atoms with Crippen LogP contribution in [0.1, 0.15) is 5.56 Å². The SMILES string of the molecule is Cc1ccc(Oc2cc3c4c(c2)N(c2ccccc2)c2ccccc2B4c2cc4c(cc2O3)Oc2cc(Oc3ccc(I)cc3)cc3c2B4c2ccccc2N3c2ccccc2)cc1. The van der Waals surface area contributed by atoms with Crippen molar-refractivity contribution in [3.05, 3.63) is 203 Å². The summed E-state index contributed by atoms with van der Waals surface area (Å²) in [5, 5.41) is 0. The Hall–Kier alpha value is -7.36. The first kappa shape index (κ1) is 37.2. The van der Waals surface area contributed by atoms with E-state index < -0.39 is 0 Å². The molecule has 9 aromatic rings. The van der Waals surface area contributed by atoms with Crippen molar-refractivity contribution in [2.24, 2.45) is 0 Å². The van der Waals surface area contributed by atoms with Crippen molar-refractivity contribution in [3.8, 4) is 46.0 Å².